The zero-order chi connectivity index (χ0) is 34.3. The highest BCUT2D eigenvalue weighted by atomic mass is 16.6. The summed E-state index contributed by atoms with van der Waals surface area (Å²) >= 11 is 0. The molecule has 2 saturated heterocycles. The number of phenols is 1. The molecule has 0 saturated carbocycles. The lowest BCUT2D eigenvalue weighted by molar-refractivity contribution is -0.134. The molecular weight excluding hydrogens is 618 g/mol. The number of likely N-dealkylation sites (tertiary alicyclic amines) is 1. The first-order chi connectivity index (χ1) is 23.9. The molecule has 0 spiro atoms. The van der Waals surface area contributed by atoms with Gasteiger partial charge in [0.25, 0.3) is 0 Å². The van der Waals surface area contributed by atoms with Crippen LogP contribution in [0.4, 0.5) is 10.5 Å². The summed E-state index contributed by atoms with van der Waals surface area (Å²) in [4.78, 5) is 42.7. The van der Waals surface area contributed by atoms with Crippen molar-refractivity contribution in [3.8, 4) is 16.9 Å². The quantitative estimate of drug-likeness (QED) is 0.148. The number of nitrogens with one attached hydrogen (secondary N) is 3. The fourth-order valence-corrected chi connectivity index (χ4v) is 6.56. The van der Waals surface area contributed by atoms with Crippen LogP contribution in [0.3, 0.4) is 0 Å². The standard InChI is InChI=1S/C39H51N5O5/c45-32-18-16-30(17-19-32)29-44(38(47)36-15-7-9-23-40-36)25-10-2-8-24-41-37(46)22-28-43-26-20-33(21-27-43)49-39(48)42-35-14-6-5-13-34(35)31-11-3-1-4-12-31/h1,3-6,11-14,16-19,33,36,40,45H,2,7-10,15,20-29H2,(H,41,46)(H,42,48)/t36-/m0/s1. The molecule has 4 N–H and O–H groups in total. The van der Waals surface area contributed by atoms with E-state index >= 15 is 0 Å². The zero-order valence-electron chi connectivity index (χ0n) is 28.4. The number of hydrogen-bond donors (Lipinski definition) is 4. The van der Waals surface area contributed by atoms with E-state index in [1.54, 1.807) is 12.1 Å². The fourth-order valence-electron chi connectivity index (χ4n) is 6.56. The molecule has 1 atom stereocenters. The molecule has 5 rings (SSSR count). The first-order valence-corrected chi connectivity index (χ1v) is 17.9. The molecular formula is C39H51N5O5. The van der Waals surface area contributed by atoms with E-state index in [2.05, 4.69) is 20.9 Å². The number of benzene rings is 3. The number of ether oxygens (including phenoxy) is 1. The normalized spacial score (nSPS) is 16.9. The van der Waals surface area contributed by atoms with E-state index < -0.39 is 6.09 Å². The number of rotatable bonds is 15. The van der Waals surface area contributed by atoms with E-state index in [-0.39, 0.29) is 29.7 Å². The van der Waals surface area contributed by atoms with Gasteiger partial charge in [-0.25, -0.2) is 4.79 Å². The highest BCUT2D eigenvalue weighted by molar-refractivity contribution is 5.91. The lowest BCUT2D eigenvalue weighted by atomic mass is 10.0. The number of amides is 3. The Bertz CT molecular complexity index is 1470. The number of anilines is 1. The predicted molar refractivity (Wildman–Crippen MR) is 192 cm³/mol. The van der Waals surface area contributed by atoms with Crippen LogP contribution in [0, 0.1) is 0 Å². The summed E-state index contributed by atoms with van der Waals surface area (Å²) in [5.41, 5.74) is 3.69. The molecule has 0 radical (unpaired) electrons. The fraction of sp³-hybridized carbons (Fsp3) is 0.462. The molecule has 2 fully saturated rings. The Hall–Kier alpha value is -4.41. The molecule has 0 aromatic heterocycles. The van der Waals surface area contributed by atoms with Crippen LogP contribution in [0.1, 0.15) is 63.4 Å². The second kappa shape index (κ2) is 19.0. The SMILES string of the molecule is O=C(CCN1CCC(OC(=O)Nc2ccccc2-c2ccccc2)CC1)NCCCCCN(Cc1ccc(O)cc1)C(=O)[C@@H]1CCCCN1. The Morgan fingerprint density at radius 1 is 0.878 bits per heavy atom. The molecule has 49 heavy (non-hydrogen) atoms. The topological polar surface area (TPSA) is 123 Å². The third-order valence-electron chi connectivity index (χ3n) is 9.37. The van der Waals surface area contributed by atoms with Gasteiger partial charge in [0.2, 0.25) is 11.8 Å². The number of carbonyl (C=O) groups is 3. The van der Waals surface area contributed by atoms with Crippen molar-refractivity contribution in [2.45, 2.75) is 76.5 Å². The van der Waals surface area contributed by atoms with Gasteiger partial charge >= 0.3 is 6.09 Å². The average molecular weight is 670 g/mol. The Morgan fingerprint density at radius 3 is 2.39 bits per heavy atom. The third-order valence-corrected chi connectivity index (χ3v) is 9.37. The van der Waals surface area contributed by atoms with Crippen LogP contribution in [-0.4, -0.2) is 84.2 Å². The van der Waals surface area contributed by atoms with Crippen LogP contribution in [0.25, 0.3) is 11.1 Å². The summed E-state index contributed by atoms with van der Waals surface area (Å²) in [7, 11) is 0. The number of piperidine rings is 2. The summed E-state index contributed by atoms with van der Waals surface area (Å²) in [5, 5.41) is 19.0. The van der Waals surface area contributed by atoms with Crippen molar-refractivity contribution in [1.29, 1.82) is 0 Å². The number of phenolic OH excluding ortho intramolecular Hbond substituents is 1. The Balaban J connectivity index is 0.943. The van der Waals surface area contributed by atoms with Gasteiger partial charge in [-0.3, -0.25) is 14.9 Å². The lowest BCUT2D eigenvalue weighted by Crippen LogP contribution is -2.48. The van der Waals surface area contributed by atoms with Crippen molar-refractivity contribution in [2.24, 2.45) is 0 Å². The van der Waals surface area contributed by atoms with E-state index in [9.17, 15) is 19.5 Å². The summed E-state index contributed by atoms with van der Waals surface area (Å²) < 4.78 is 5.75. The van der Waals surface area contributed by atoms with Crippen molar-refractivity contribution in [3.05, 3.63) is 84.4 Å². The molecule has 2 aliphatic rings. The smallest absolute Gasteiger partial charge is 0.411 e. The van der Waals surface area contributed by atoms with Crippen LogP contribution >= 0.6 is 0 Å². The van der Waals surface area contributed by atoms with Gasteiger partial charge in [-0.2, -0.15) is 0 Å². The Labute approximate surface area is 290 Å². The van der Waals surface area contributed by atoms with Gasteiger partial charge in [0.15, 0.2) is 0 Å². The van der Waals surface area contributed by atoms with Crippen molar-refractivity contribution in [2.75, 3.05) is 44.6 Å². The molecule has 0 unspecified atom stereocenters. The van der Waals surface area contributed by atoms with Crippen LogP contribution in [0.5, 0.6) is 5.75 Å². The molecule has 262 valence electrons. The third kappa shape index (κ3) is 11.6. The number of hydrogen-bond acceptors (Lipinski definition) is 7. The van der Waals surface area contributed by atoms with Crippen molar-refractivity contribution in [1.82, 2.24) is 20.4 Å². The van der Waals surface area contributed by atoms with Gasteiger partial charge < -0.3 is 30.3 Å². The monoisotopic (exact) mass is 669 g/mol. The van der Waals surface area contributed by atoms with E-state index in [1.165, 1.54) is 0 Å². The second-order valence-corrected chi connectivity index (χ2v) is 13.1. The number of nitrogens with zero attached hydrogens (tertiary/aromatic N) is 2. The maximum atomic E-state index is 13.3. The van der Waals surface area contributed by atoms with Crippen molar-refractivity contribution < 1.29 is 24.2 Å². The largest absolute Gasteiger partial charge is 0.508 e. The highest BCUT2D eigenvalue weighted by Gasteiger charge is 2.26. The highest BCUT2D eigenvalue weighted by Crippen LogP contribution is 2.28. The van der Waals surface area contributed by atoms with Crippen LogP contribution < -0.4 is 16.0 Å². The van der Waals surface area contributed by atoms with Gasteiger partial charge in [-0.1, -0.05) is 67.1 Å². The van der Waals surface area contributed by atoms with Gasteiger partial charge in [-0.15, -0.1) is 0 Å². The first kappa shape index (κ1) is 35.9. The number of carbonyl (C=O) groups excluding carboxylic acids is 3. The number of aromatic hydroxyl groups is 1. The first-order valence-electron chi connectivity index (χ1n) is 17.9. The van der Waals surface area contributed by atoms with E-state index in [4.69, 9.17) is 4.74 Å². The van der Waals surface area contributed by atoms with Crippen molar-refractivity contribution >= 4 is 23.6 Å². The molecule has 3 aromatic rings. The van der Waals surface area contributed by atoms with E-state index in [0.717, 1.165) is 93.4 Å². The number of para-hydroxylation sites is 1. The Morgan fingerprint density at radius 2 is 1.63 bits per heavy atom. The second-order valence-electron chi connectivity index (χ2n) is 13.1. The molecule has 0 bridgehead atoms. The number of unbranched alkanes of at least 4 members (excludes halogenated alkanes) is 2. The minimum atomic E-state index is -0.445. The molecule has 3 amide bonds. The molecule has 10 nitrogen and oxygen atoms in total. The van der Waals surface area contributed by atoms with Crippen LogP contribution in [0.15, 0.2) is 78.9 Å². The Kier molecular flexibility index (Phi) is 13.9. The summed E-state index contributed by atoms with van der Waals surface area (Å²) in [6.45, 7) is 4.91. The van der Waals surface area contributed by atoms with Gasteiger partial charge in [-0.05, 0) is 80.8 Å². The van der Waals surface area contributed by atoms with Crippen LogP contribution in [0.2, 0.25) is 0 Å². The minimum Gasteiger partial charge on any atom is -0.508 e. The molecule has 2 heterocycles. The molecule has 2 aliphatic heterocycles. The zero-order valence-corrected chi connectivity index (χ0v) is 28.4. The summed E-state index contributed by atoms with van der Waals surface area (Å²) in [6.07, 6.45) is 6.97. The van der Waals surface area contributed by atoms with E-state index in [0.29, 0.717) is 32.6 Å². The maximum absolute atomic E-state index is 13.3. The molecule has 10 heteroatoms. The van der Waals surface area contributed by atoms with Gasteiger partial charge in [0.1, 0.15) is 11.9 Å². The minimum absolute atomic E-state index is 0.0438. The van der Waals surface area contributed by atoms with Crippen molar-refractivity contribution in [3.63, 3.8) is 0 Å². The van der Waals surface area contributed by atoms with E-state index in [1.807, 2.05) is 71.6 Å². The van der Waals surface area contributed by atoms with Gasteiger partial charge in [0, 0.05) is 51.3 Å². The predicted octanol–water partition coefficient (Wildman–Crippen LogP) is 5.92. The molecule has 0 aliphatic carbocycles. The van der Waals surface area contributed by atoms with Crippen LogP contribution in [-0.2, 0) is 20.9 Å². The summed E-state index contributed by atoms with van der Waals surface area (Å²) in [5.74, 6) is 0.405. The average Bonchev–Trinajstić information content (AvgIpc) is 3.13. The maximum Gasteiger partial charge on any atom is 0.411 e. The summed E-state index contributed by atoms with van der Waals surface area (Å²) in [6, 6.07) is 24.6. The molecule has 3 aromatic carbocycles. The van der Waals surface area contributed by atoms with Gasteiger partial charge in [0.05, 0.1) is 11.7 Å². The lowest BCUT2D eigenvalue weighted by Gasteiger charge is -2.31.